The lowest BCUT2D eigenvalue weighted by Crippen LogP contribution is -2.44. The number of imidazole rings is 1. The first-order chi connectivity index (χ1) is 17.7. The zero-order chi connectivity index (χ0) is 26.0. The van der Waals surface area contributed by atoms with Crippen molar-refractivity contribution in [2.24, 2.45) is 7.05 Å². The third kappa shape index (κ3) is 3.89. The summed E-state index contributed by atoms with van der Waals surface area (Å²) in [5.41, 5.74) is 2.07. The number of aromatic nitrogens is 4. The van der Waals surface area contributed by atoms with Crippen molar-refractivity contribution in [2.75, 3.05) is 13.2 Å². The minimum absolute atomic E-state index is 0.00544. The van der Waals surface area contributed by atoms with Gasteiger partial charge in [0, 0.05) is 30.6 Å². The average molecular weight is 530 g/mol. The molecule has 3 aromatic heterocycles. The van der Waals surface area contributed by atoms with Crippen LogP contribution in [0, 0.1) is 18.6 Å². The van der Waals surface area contributed by atoms with Crippen molar-refractivity contribution in [2.45, 2.75) is 31.3 Å². The number of nitrogens with one attached hydrogen (secondary N) is 1. The van der Waals surface area contributed by atoms with E-state index in [9.17, 15) is 9.90 Å². The first-order valence-electron chi connectivity index (χ1n) is 11.6. The van der Waals surface area contributed by atoms with Gasteiger partial charge in [-0.15, -0.1) is 0 Å². The highest BCUT2D eigenvalue weighted by atomic mass is 35.5. The lowest BCUT2D eigenvalue weighted by Gasteiger charge is -2.17. The van der Waals surface area contributed by atoms with Gasteiger partial charge in [0.05, 0.1) is 30.5 Å². The minimum atomic E-state index is -0.837. The van der Waals surface area contributed by atoms with E-state index in [1.165, 1.54) is 16.5 Å². The van der Waals surface area contributed by atoms with E-state index in [0.717, 1.165) is 6.20 Å². The molecule has 0 saturated carbocycles. The van der Waals surface area contributed by atoms with E-state index in [0.29, 0.717) is 16.8 Å². The van der Waals surface area contributed by atoms with Crippen LogP contribution >= 0.6 is 11.6 Å². The zero-order valence-corrected chi connectivity index (χ0v) is 20.5. The number of fused-ring (bicyclic) bond motifs is 2. The van der Waals surface area contributed by atoms with Crippen LogP contribution in [-0.4, -0.2) is 67.7 Å². The lowest BCUT2D eigenvalue weighted by atomic mass is 9.98. The SMILES string of the molecule is Cc1nn(C)cc1-c1cccc(F)c1-c1nc2cc(C(=O)N[C@@H]3CO[C@H]4[C@@H]3OC[C@H]4O)c(F)cn2c1Cl. The molecular weight excluding hydrogens is 508 g/mol. The van der Waals surface area contributed by atoms with Crippen LogP contribution in [0.25, 0.3) is 28.0 Å². The van der Waals surface area contributed by atoms with E-state index in [1.807, 2.05) is 6.92 Å². The molecule has 4 aromatic rings. The molecule has 2 saturated heterocycles. The Balaban J connectivity index is 1.38. The van der Waals surface area contributed by atoms with Crippen molar-refractivity contribution in [3.63, 3.8) is 0 Å². The molecule has 2 N–H and O–H groups in total. The quantitative estimate of drug-likeness (QED) is 0.421. The molecular formula is C25H22ClF2N5O4. The van der Waals surface area contributed by atoms with Crippen LogP contribution in [0.2, 0.25) is 5.15 Å². The van der Waals surface area contributed by atoms with Gasteiger partial charge in [0.25, 0.3) is 5.91 Å². The Bertz CT molecular complexity index is 1550. The molecule has 9 nitrogen and oxygen atoms in total. The van der Waals surface area contributed by atoms with Crippen LogP contribution in [0.4, 0.5) is 8.78 Å². The summed E-state index contributed by atoms with van der Waals surface area (Å²) < 4.78 is 44.2. The number of benzene rings is 1. The zero-order valence-electron chi connectivity index (χ0n) is 19.8. The van der Waals surface area contributed by atoms with E-state index in [4.69, 9.17) is 21.1 Å². The number of amides is 1. The Morgan fingerprint density at radius 3 is 2.70 bits per heavy atom. The summed E-state index contributed by atoms with van der Waals surface area (Å²) >= 11 is 6.57. The Kier molecular flexibility index (Phi) is 5.75. The van der Waals surface area contributed by atoms with Crippen LogP contribution in [0.15, 0.2) is 36.7 Å². The number of aliphatic hydroxyl groups is 1. The molecule has 0 radical (unpaired) electrons. The van der Waals surface area contributed by atoms with Crippen LogP contribution in [0.5, 0.6) is 0 Å². The van der Waals surface area contributed by atoms with Crippen molar-refractivity contribution in [1.82, 2.24) is 24.5 Å². The maximum atomic E-state index is 15.2. The van der Waals surface area contributed by atoms with E-state index in [1.54, 1.807) is 30.1 Å². The third-order valence-corrected chi connectivity index (χ3v) is 7.16. The summed E-state index contributed by atoms with van der Waals surface area (Å²) in [5, 5.41) is 16.9. The summed E-state index contributed by atoms with van der Waals surface area (Å²) in [4.78, 5) is 17.4. The molecule has 0 unspecified atom stereocenters. The second-order valence-electron chi connectivity index (χ2n) is 9.22. The van der Waals surface area contributed by atoms with Crippen LogP contribution in [-0.2, 0) is 16.5 Å². The van der Waals surface area contributed by atoms with Gasteiger partial charge in [0.2, 0.25) is 0 Å². The van der Waals surface area contributed by atoms with E-state index < -0.39 is 41.9 Å². The molecule has 192 valence electrons. The Labute approximate surface area is 214 Å². The summed E-state index contributed by atoms with van der Waals surface area (Å²) in [7, 11) is 1.77. The highest BCUT2D eigenvalue weighted by Crippen LogP contribution is 2.39. The van der Waals surface area contributed by atoms with Crippen LogP contribution < -0.4 is 5.32 Å². The summed E-state index contributed by atoms with van der Waals surface area (Å²) in [6, 6.07) is 5.32. The van der Waals surface area contributed by atoms with Gasteiger partial charge in [-0.2, -0.15) is 5.10 Å². The maximum absolute atomic E-state index is 15.2. The van der Waals surface area contributed by atoms with Crippen molar-refractivity contribution in [1.29, 1.82) is 0 Å². The molecule has 1 amide bonds. The van der Waals surface area contributed by atoms with Gasteiger partial charge in [-0.1, -0.05) is 23.7 Å². The minimum Gasteiger partial charge on any atom is -0.388 e. The second-order valence-corrected chi connectivity index (χ2v) is 9.58. The highest BCUT2D eigenvalue weighted by Gasteiger charge is 2.47. The van der Waals surface area contributed by atoms with Gasteiger partial charge in [-0.05, 0) is 24.6 Å². The molecule has 0 aliphatic carbocycles. The monoisotopic (exact) mass is 529 g/mol. The predicted octanol–water partition coefficient (Wildman–Crippen LogP) is 2.90. The molecule has 1 aromatic carbocycles. The van der Waals surface area contributed by atoms with Crippen molar-refractivity contribution in [3.05, 3.63) is 64.7 Å². The Morgan fingerprint density at radius 1 is 1.16 bits per heavy atom. The fraction of sp³-hybridized carbons (Fsp3) is 0.320. The summed E-state index contributed by atoms with van der Waals surface area (Å²) in [6.45, 7) is 2.05. The lowest BCUT2D eigenvalue weighted by molar-refractivity contribution is 0.0178. The number of carbonyl (C=O) groups is 1. The topological polar surface area (TPSA) is 103 Å². The normalized spacial score (nSPS) is 23.1. The highest BCUT2D eigenvalue weighted by molar-refractivity contribution is 6.32. The summed E-state index contributed by atoms with van der Waals surface area (Å²) in [6.07, 6.45) is 0.981. The van der Waals surface area contributed by atoms with Crippen molar-refractivity contribution in [3.8, 4) is 22.4 Å². The van der Waals surface area contributed by atoms with Crippen LogP contribution in [0.3, 0.4) is 0 Å². The molecule has 37 heavy (non-hydrogen) atoms. The molecule has 5 heterocycles. The molecule has 0 spiro atoms. The van der Waals surface area contributed by atoms with E-state index in [-0.39, 0.29) is 40.8 Å². The van der Waals surface area contributed by atoms with Crippen molar-refractivity contribution >= 4 is 23.2 Å². The first kappa shape index (κ1) is 24.0. The molecule has 4 atom stereocenters. The molecule has 12 heteroatoms. The number of carbonyl (C=O) groups excluding carboxylic acids is 1. The molecule has 2 fully saturated rings. The molecule has 6 rings (SSSR count). The average Bonchev–Trinajstić information content (AvgIpc) is 3.60. The van der Waals surface area contributed by atoms with Crippen molar-refractivity contribution < 1.29 is 28.2 Å². The molecule has 0 bridgehead atoms. The maximum Gasteiger partial charge on any atom is 0.254 e. The largest absolute Gasteiger partial charge is 0.388 e. The molecule has 2 aliphatic rings. The fourth-order valence-corrected chi connectivity index (χ4v) is 5.34. The van der Waals surface area contributed by atoms with Gasteiger partial charge in [0.1, 0.15) is 40.6 Å². The second kappa shape index (κ2) is 8.88. The fourth-order valence-electron chi connectivity index (χ4n) is 5.07. The Morgan fingerprint density at radius 2 is 1.95 bits per heavy atom. The number of hydrogen-bond acceptors (Lipinski definition) is 6. The predicted molar refractivity (Wildman–Crippen MR) is 129 cm³/mol. The van der Waals surface area contributed by atoms with E-state index >= 15 is 8.78 Å². The number of nitrogens with zero attached hydrogens (tertiary/aromatic N) is 4. The molecule has 2 aliphatic heterocycles. The number of aryl methyl sites for hydroxylation is 2. The number of ether oxygens (including phenoxy) is 2. The Hall–Kier alpha value is -3.38. The third-order valence-electron chi connectivity index (χ3n) is 6.80. The van der Waals surface area contributed by atoms with Gasteiger partial charge >= 0.3 is 0 Å². The number of rotatable bonds is 4. The smallest absolute Gasteiger partial charge is 0.254 e. The number of aliphatic hydroxyl groups excluding tert-OH is 1. The van der Waals surface area contributed by atoms with Gasteiger partial charge < -0.3 is 19.9 Å². The van der Waals surface area contributed by atoms with Crippen LogP contribution in [0.1, 0.15) is 16.1 Å². The van der Waals surface area contributed by atoms with E-state index in [2.05, 4.69) is 15.4 Å². The van der Waals surface area contributed by atoms with Gasteiger partial charge in [-0.25, -0.2) is 13.8 Å². The standard InChI is InChI=1S/C25H22ClF2N5O4/c1-11-14(7-32(2)31-11)12-4-3-5-15(27)20(12)21-24(26)33-8-16(28)13(6-19(33)30-21)25(35)29-17-9-36-23-18(34)10-37-22(17)23/h3-8,17-18,22-23,34H,9-10H2,1-2H3,(H,29,35)/t17-,18-,22-,23-/m1/s1. The van der Waals surface area contributed by atoms with Gasteiger partial charge in [0.15, 0.2) is 5.82 Å². The number of pyridine rings is 1. The number of hydrogen-bond donors (Lipinski definition) is 2. The first-order valence-corrected chi connectivity index (χ1v) is 12.0. The number of halogens is 3. The summed E-state index contributed by atoms with van der Waals surface area (Å²) in [5.74, 6) is -2.09. The van der Waals surface area contributed by atoms with Gasteiger partial charge in [-0.3, -0.25) is 13.9 Å².